The van der Waals surface area contributed by atoms with Gasteiger partial charge in [0.2, 0.25) is 11.8 Å². The van der Waals surface area contributed by atoms with Crippen molar-refractivity contribution in [3.63, 3.8) is 0 Å². The molecule has 0 aromatic carbocycles. The molecular formula is C31H40N2O4S. The lowest BCUT2D eigenvalue weighted by Crippen LogP contribution is -2.47. The van der Waals surface area contributed by atoms with Gasteiger partial charge in [0.1, 0.15) is 11.0 Å². The average Bonchev–Trinajstić information content (AvgIpc) is 3.28. The molecule has 2 saturated carbocycles. The number of hydrogen-bond acceptors (Lipinski definition) is 5. The summed E-state index contributed by atoms with van der Waals surface area (Å²) < 4.78 is 6.16. The van der Waals surface area contributed by atoms with E-state index in [0.717, 1.165) is 57.1 Å². The van der Waals surface area contributed by atoms with Gasteiger partial charge in [-0.15, -0.1) is 11.3 Å². The van der Waals surface area contributed by atoms with Gasteiger partial charge in [0.25, 0.3) is 0 Å². The molecule has 0 spiro atoms. The molecule has 0 unspecified atom stereocenters. The Morgan fingerprint density at radius 3 is 2.37 bits per heavy atom. The lowest BCUT2D eigenvalue weighted by atomic mass is 9.81. The van der Waals surface area contributed by atoms with Gasteiger partial charge in [-0.2, -0.15) is 0 Å². The van der Waals surface area contributed by atoms with Crippen LogP contribution in [0.15, 0.2) is 24.3 Å². The minimum Gasteiger partial charge on any atom is -0.477 e. The Morgan fingerprint density at radius 1 is 1.08 bits per heavy atom. The van der Waals surface area contributed by atoms with E-state index in [1.807, 2.05) is 56.9 Å². The molecule has 4 rings (SSSR count). The summed E-state index contributed by atoms with van der Waals surface area (Å²) in [6.45, 7) is 10.3. The van der Waals surface area contributed by atoms with Crippen molar-refractivity contribution in [2.45, 2.75) is 98.1 Å². The predicted molar refractivity (Wildman–Crippen MR) is 152 cm³/mol. The number of anilines is 1. The van der Waals surface area contributed by atoms with Crippen LogP contribution in [0.4, 0.5) is 5.69 Å². The van der Waals surface area contributed by atoms with Gasteiger partial charge in [-0.25, -0.2) is 9.78 Å². The molecule has 2 aliphatic rings. The van der Waals surface area contributed by atoms with Crippen LogP contribution in [0.25, 0.3) is 0 Å². The number of carbonyl (C=O) groups excluding carboxylic acids is 1. The molecule has 1 N–H and O–H groups in total. The van der Waals surface area contributed by atoms with Crippen molar-refractivity contribution in [1.82, 2.24) is 4.98 Å². The molecule has 2 aliphatic carbocycles. The van der Waals surface area contributed by atoms with Crippen LogP contribution in [0.3, 0.4) is 0 Å². The molecule has 2 heterocycles. The van der Waals surface area contributed by atoms with E-state index in [-0.39, 0.29) is 34.3 Å². The van der Waals surface area contributed by atoms with Crippen LogP contribution in [0.5, 0.6) is 5.88 Å². The Morgan fingerprint density at radius 2 is 1.76 bits per heavy atom. The van der Waals surface area contributed by atoms with Crippen molar-refractivity contribution in [1.29, 1.82) is 0 Å². The van der Waals surface area contributed by atoms with E-state index < -0.39 is 5.97 Å². The summed E-state index contributed by atoms with van der Waals surface area (Å²) in [5.41, 5.74) is 1.22. The lowest BCUT2D eigenvalue weighted by Gasteiger charge is -2.39. The summed E-state index contributed by atoms with van der Waals surface area (Å²) in [6, 6.07) is 7.53. The van der Waals surface area contributed by atoms with Crippen molar-refractivity contribution < 1.29 is 19.4 Å². The number of ether oxygens (including phenoxy) is 1. The Kier molecular flexibility index (Phi) is 8.82. The lowest BCUT2D eigenvalue weighted by molar-refractivity contribution is -0.124. The molecule has 0 bridgehead atoms. The molecule has 38 heavy (non-hydrogen) atoms. The van der Waals surface area contributed by atoms with Crippen LogP contribution in [0.2, 0.25) is 0 Å². The number of amides is 1. The maximum atomic E-state index is 14.1. The van der Waals surface area contributed by atoms with Crippen LogP contribution >= 0.6 is 11.3 Å². The van der Waals surface area contributed by atoms with Crippen molar-refractivity contribution >= 4 is 28.9 Å². The topological polar surface area (TPSA) is 79.7 Å². The Bertz CT molecular complexity index is 1200. The van der Waals surface area contributed by atoms with E-state index in [2.05, 4.69) is 23.7 Å². The van der Waals surface area contributed by atoms with Crippen molar-refractivity contribution in [2.75, 3.05) is 4.90 Å². The number of pyridine rings is 1. The second-order valence-corrected chi connectivity index (χ2v) is 13.0. The Balaban J connectivity index is 1.60. The van der Waals surface area contributed by atoms with Gasteiger partial charge in [-0.3, -0.25) is 4.79 Å². The number of carboxylic acid groups (broad SMARTS) is 1. The molecule has 2 aromatic rings. The van der Waals surface area contributed by atoms with Crippen molar-refractivity contribution in [2.24, 2.45) is 17.3 Å². The molecular weight excluding hydrogens is 496 g/mol. The highest BCUT2D eigenvalue weighted by Gasteiger charge is 2.37. The largest absolute Gasteiger partial charge is 0.477 e. The zero-order chi connectivity index (χ0) is 27.4. The molecule has 0 atom stereocenters. The van der Waals surface area contributed by atoms with Gasteiger partial charge in [0.05, 0.1) is 10.6 Å². The van der Waals surface area contributed by atoms with E-state index >= 15 is 0 Å². The van der Waals surface area contributed by atoms with Crippen LogP contribution in [-0.2, 0) is 4.79 Å². The highest BCUT2D eigenvalue weighted by molar-refractivity contribution is 7.15. The van der Waals surface area contributed by atoms with Gasteiger partial charge < -0.3 is 14.7 Å². The van der Waals surface area contributed by atoms with Gasteiger partial charge in [0.15, 0.2) is 0 Å². The van der Waals surface area contributed by atoms with Crippen molar-refractivity contribution in [3.8, 4) is 17.7 Å². The Hall–Kier alpha value is -2.85. The number of aromatic nitrogens is 1. The maximum absolute atomic E-state index is 14.1. The third-order valence-electron chi connectivity index (χ3n) is 7.49. The standard InChI is InChI=1S/C31H40N2O4S/c1-20-9-11-22(12-10-20)29(34)33(26-19-25(17-18-31(3,4)5)38-28(26)30(35)36)23-13-15-24(16-14-23)37-27-8-6-7-21(2)32-27/h6-8,19-20,22-24H,9-16H2,1-5H3,(H,35,36)/t20-,22-,23-,24-. The molecule has 1 amide bonds. The van der Waals surface area contributed by atoms with Crippen LogP contribution in [0.1, 0.15) is 99.3 Å². The highest BCUT2D eigenvalue weighted by atomic mass is 32.1. The summed E-state index contributed by atoms with van der Waals surface area (Å²) in [7, 11) is 0. The molecule has 0 radical (unpaired) electrons. The normalized spacial score (nSPS) is 23.7. The SMILES string of the molecule is Cc1cccc(O[C@H]2CC[C@H](N(c3cc(C#CC(C)(C)C)sc3C(=O)O)C(=O)[C@H]3CC[C@H](C)CC3)CC2)n1. The fourth-order valence-electron chi connectivity index (χ4n) is 5.40. The molecule has 2 aromatic heterocycles. The zero-order valence-electron chi connectivity index (χ0n) is 23.3. The van der Waals surface area contributed by atoms with Crippen LogP contribution < -0.4 is 9.64 Å². The number of carboxylic acids is 1. The number of carbonyl (C=O) groups is 2. The molecule has 2 fully saturated rings. The highest BCUT2D eigenvalue weighted by Crippen LogP contribution is 2.39. The maximum Gasteiger partial charge on any atom is 0.348 e. The van der Waals surface area contributed by atoms with Gasteiger partial charge in [-0.05, 0) is 97.1 Å². The van der Waals surface area contributed by atoms with Crippen molar-refractivity contribution in [3.05, 3.63) is 39.7 Å². The number of nitrogens with zero attached hydrogens (tertiary/aromatic N) is 2. The molecule has 7 heteroatoms. The molecule has 6 nitrogen and oxygen atoms in total. The fourth-order valence-corrected chi connectivity index (χ4v) is 6.24. The van der Waals surface area contributed by atoms with E-state index in [1.54, 1.807) is 0 Å². The number of thiophene rings is 1. The van der Waals surface area contributed by atoms with E-state index in [1.165, 1.54) is 11.3 Å². The fraction of sp³-hybridized carbons (Fsp3) is 0.581. The molecule has 0 aliphatic heterocycles. The number of aryl methyl sites for hydroxylation is 1. The summed E-state index contributed by atoms with van der Waals surface area (Å²) in [5.74, 6) is 6.62. The third kappa shape index (κ3) is 7.17. The van der Waals surface area contributed by atoms with E-state index in [0.29, 0.717) is 22.4 Å². The second kappa shape index (κ2) is 11.9. The number of rotatable bonds is 6. The van der Waals surface area contributed by atoms with Crippen LogP contribution in [-0.4, -0.2) is 34.1 Å². The summed E-state index contributed by atoms with van der Waals surface area (Å²) in [6.07, 6.45) is 6.89. The minimum atomic E-state index is -1.01. The number of hydrogen-bond donors (Lipinski definition) is 1. The first-order valence-corrected chi connectivity index (χ1v) is 14.7. The van der Waals surface area contributed by atoms with Gasteiger partial charge in [-0.1, -0.05) is 24.8 Å². The monoisotopic (exact) mass is 536 g/mol. The zero-order valence-corrected chi connectivity index (χ0v) is 24.1. The van der Waals surface area contributed by atoms with Gasteiger partial charge >= 0.3 is 5.97 Å². The first-order chi connectivity index (χ1) is 18.0. The summed E-state index contributed by atoms with van der Waals surface area (Å²) >= 11 is 1.17. The summed E-state index contributed by atoms with van der Waals surface area (Å²) in [4.78, 5) is 33.6. The van der Waals surface area contributed by atoms with Crippen LogP contribution in [0, 0.1) is 36.0 Å². The second-order valence-electron chi connectivity index (χ2n) is 12.0. The van der Waals surface area contributed by atoms with Gasteiger partial charge in [0, 0.05) is 29.1 Å². The third-order valence-corrected chi connectivity index (χ3v) is 8.52. The minimum absolute atomic E-state index is 0.0302. The van der Waals surface area contributed by atoms with E-state index in [4.69, 9.17) is 4.74 Å². The Labute approximate surface area is 230 Å². The molecule has 204 valence electrons. The first kappa shape index (κ1) is 28.2. The van der Waals surface area contributed by atoms with E-state index in [9.17, 15) is 14.7 Å². The average molecular weight is 537 g/mol. The summed E-state index contributed by atoms with van der Waals surface area (Å²) in [5, 5.41) is 10.1. The predicted octanol–water partition coefficient (Wildman–Crippen LogP) is 7.10. The number of aromatic carboxylic acids is 1. The smallest absolute Gasteiger partial charge is 0.348 e. The first-order valence-electron chi connectivity index (χ1n) is 13.8. The quantitative estimate of drug-likeness (QED) is 0.399. The molecule has 0 saturated heterocycles.